The molecule has 2 aromatic heterocycles. The smallest absolute Gasteiger partial charge is 0.425 e. The molecular weight excluding hydrogens is 447 g/mol. The highest BCUT2D eigenvalue weighted by atomic mass is 19.4. The van der Waals surface area contributed by atoms with Gasteiger partial charge >= 0.3 is 11.9 Å². The van der Waals surface area contributed by atoms with Gasteiger partial charge in [-0.2, -0.15) is 13.2 Å². The zero-order chi connectivity index (χ0) is 24.0. The van der Waals surface area contributed by atoms with E-state index in [1.165, 1.54) is 43.8 Å². The van der Waals surface area contributed by atoms with E-state index in [4.69, 9.17) is 4.74 Å². The van der Waals surface area contributed by atoms with E-state index in [-0.39, 0.29) is 11.3 Å². The highest BCUT2D eigenvalue weighted by Gasteiger charge is 2.68. The lowest BCUT2D eigenvalue weighted by atomic mass is 9.91. The molecule has 0 unspecified atom stereocenters. The fraction of sp³-hybridized carbons (Fsp3) is 0.150. The van der Waals surface area contributed by atoms with Gasteiger partial charge in [0.15, 0.2) is 0 Å². The van der Waals surface area contributed by atoms with Crippen molar-refractivity contribution >= 4 is 17.6 Å². The number of amides is 2. The van der Waals surface area contributed by atoms with Gasteiger partial charge in [-0.25, -0.2) is 9.36 Å². The number of nitrogens with zero attached hydrogens (tertiary/aromatic N) is 2. The predicted octanol–water partition coefficient (Wildman–Crippen LogP) is 1.07. The molecule has 1 aliphatic rings. The molecule has 33 heavy (non-hydrogen) atoms. The van der Waals surface area contributed by atoms with Gasteiger partial charge in [-0.3, -0.25) is 24.4 Å². The highest BCUT2D eigenvalue weighted by Crippen LogP contribution is 2.45. The Morgan fingerprint density at radius 2 is 1.73 bits per heavy atom. The van der Waals surface area contributed by atoms with E-state index >= 15 is 0 Å². The van der Waals surface area contributed by atoms with Crippen LogP contribution in [0.4, 0.5) is 19.0 Å². The Balaban J connectivity index is 1.96. The Labute approximate surface area is 182 Å². The van der Waals surface area contributed by atoms with Crippen molar-refractivity contribution in [2.75, 3.05) is 12.4 Å². The SMILES string of the molecule is COc1ccc(-n2c3c(c(=O)[nH]c2=O)[C@](NC(=O)c2ccncc2)(C(F)(F)F)C(=O)N3)cc1. The quantitative estimate of drug-likeness (QED) is 0.532. The molecule has 3 N–H and O–H groups in total. The van der Waals surface area contributed by atoms with Crippen LogP contribution in [0.2, 0.25) is 0 Å². The molecule has 0 saturated heterocycles. The van der Waals surface area contributed by atoms with Crippen molar-refractivity contribution in [2.24, 2.45) is 0 Å². The molecule has 3 heterocycles. The zero-order valence-corrected chi connectivity index (χ0v) is 16.7. The van der Waals surface area contributed by atoms with E-state index in [1.807, 2.05) is 5.32 Å². The number of rotatable bonds is 4. The largest absolute Gasteiger partial charge is 0.497 e. The van der Waals surface area contributed by atoms with Crippen LogP contribution in [0.25, 0.3) is 5.69 Å². The monoisotopic (exact) mass is 461 g/mol. The third kappa shape index (κ3) is 3.33. The Hall–Kier alpha value is -4.42. The van der Waals surface area contributed by atoms with Crippen molar-refractivity contribution in [2.45, 2.75) is 11.7 Å². The molecular formula is C20H14F3N5O5. The minimum absolute atomic E-state index is 0.0343. The number of carbonyl (C=O) groups excluding carboxylic acids is 2. The maximum atomic E-state index is 14.4. The molecule has 1 aromatic carbocycles. The first-order chi connectivity index (χ1) is 15.6. The standard InChI is InChI=1S/C20H14F3N5O5/c1-33-12-4-2-11(3-5-12)28-14-13(16(30)26-18(28)32)19(17(31)25-14,20(21,22)23)27-15(29)10-6-8-24-9-7-10/h2-9H,1H3,(H,25,31)(H,27,29)(H,26,30,32)/t19-/m1/s1. The van der Waals surface area contributed by atoms with Gasteiger partial charge in [-0.1, -0.05) is 0 Å². The third-order valence-corrected chi connectivity index (χ3v) is 5.06. The van der Waals surface area contributed by atoms with Crippen molar-refractivity contribution in [3.8, 4) is 11.4 Å². The zero-order valence-electron chi connectivity index (χ0n) is 16.7. The number of aromatic amines is 1. The number of carbonyl (C=O) groups is 2. The normalized spacial score (nSPS) is 17.3. The maximum Gasteiger partial charge on any atom is 0.425 e. The lowest BCUT2D eigenvalue weighted by Gasteiger charge is -2.30. The Morgan fingerprint density at radius 3 is 2.30 bits per heavy atom. The first-order valence-corrected chi connectivity index (χ1v) is 9.25. The lowest BCUT2D eigenvalue weighted by molar-refractivity contribution is -0.196. The predicted molar refractivity (Wildman–Crippen MR) is 107 cm³/mol. The van der Waals surface area contributed by atoms with Crippen LogP contribution in [-0.4, -0.2) is 39.6 Å². The van der Waals surface area contributed by atoms with Crippen LogP contribution in [0.15, 0.2) is 58.4 Å². The molecule has 1 atom stereocenters. The second kappa shape index (κ2) is 7.62. The topological polar surface area (TPSA) is 135 Å². The summed E-state index contributed by atoms with van der Waals surface area (Å²) in [6, 6.07) is 7.81. The van der Waals surface area contributed by atoms with Gasteiger partial charge in [0, 0.05) is 18.0 Å². The number of methoxy groups -OCH3 is 1. The summed E-state index contributed by atoms with van der Waals surface area (Å²) in [5, 5.41) is 3.61. The molecule has 13 heteroatoms. The summed E-state index contributed by atoms with van der Waals surface area (Å²) in [6.45, 7) is 0. The van der Waals surface area contributed by atoms with E-state index in [0.717, 1.165) is 12.1 Å². The van der Waals surface area contributed by atoms with Gasteiger partial charge < -0.3 is 15.4 Å². The number of H-pyrrole nitrogens is 1. The van der Waals surface area contributed by atoms with Crippen LogP contribution in [0.1, 0.15) is 15.9 Å². The van der Waals surface area contributed by atoms with E-state index in [0.29, 0.717) is 10.3 Å². The fourth-order valence-corrected chi connectivity index (χ4v) is 3.50. The Kier molecular flexibility index (Phi) is 5.03. The second-order valence-corrected chi connectivity index (χ2v) is 6.91. The fourth-order valence-electron chi connectivity index (χ4n) is 3.50. The van der Waals surface area contributed by atoms with E-state index in [1.54, 1.807) is 10.3 Å². The Bertz CT molecular complexity index is 1370. The van der Waals surface area contributed by atoms with E-state index < -0.39 is 46.2 Å². The number of halogens is 3. The summed E-state index contributed by atoms with van der Waals surface area (Å²) in [5.41, 5.74) is -7.69. The van der Waals surface area contributed by atoms with Gasteiger partial charge in [-0.15, -0.1) is 0 Å². The highest BCUT2D eigenvalue weighted by molar-refractivity contribution is 6.09. The van der Waals surface area contributed by atoms with Gasteiger partial charge in [0.2, 0.25) is 0 Å². The third-order valence-electron chi connectivity index (χ3n) is 5.06. The number of ether oxygens (including phenoxy) is 1. The molecule has 0 radical (unpaired) electrons. The minimum Gasteiger partial charge on any atom is -0.497 e. The van der Waals surface area contributed by atoms with Crippen LogP contribution in [-0.2, 0) is 10.3 Å². The number of hydrogen-bond donors (Lipinski definition) is 3. The number of hydrogen-bond acceptors (Lipinski definition) is 6. The van der Waals surface area contributed by atoms with Crippen molar-refractivity contribution in [1.29, 1.82) is 0 Å². The summed E-state index contributed by atoms with van der Waals surface area (Å²) >= 11 is 0. The number of fused-ring (bicyclic) bond motifs is 1. The lowest BCUT2D eigenvalue weighted by Crippen LogP contribution is -2.62. The number of anilines is 1. The maximum absolute atomic E-state index is 14.4. The van der Waals surface area contributed by atoms with Crippen LogP contribution in [0.5, 0.6) is 5.75 Å². The molecule has 0 bridgehead atoms. The number of alkyl halides is 3. The molecule has 3 aromatic rings. The molecule has 0 spiro atoms. The molecule has 2 amide bonds. The molecule has 0 aliphatic carbocycles. The van der Waals surface area contributed by atoms with Gasteiger partial charge in [0.05, 0.1) is 12.8 Å². The minimum atomic E-state index is -5.44. The summed E-state index contributed by atoms with van der Waals surface area (Å²) in [5.74, 6) is -3.34. The van der Waals surface area contributed by atoms with Gasteiger partial charge in [-0.05, 0) is 36.4 Å². The van der Waals surface area contributed by atoms with Crippen molar-refractivity contribution < 1.29 is 27.5 Å². The van der Waals surface area contributed by atoms with Crippen molar-refractivity contribution in [1.82, 2.24) is 19.9 Å². The van der Waals surface area contributed by atoms with Crippen LogP contribution < -0.4 is 26.6 Å². The first kappa shape index (κ1) is 21.8. The van der Waals surface area contributed by atoms with Gasteiger partial charge in [0.1, 0.15) is 17.1 Å². The van der Waals surface area contributed by atoms with E-state index in [9.17, 15) is 32.3 Å². The molecule has 10 nitrogen and oxygen atoms in total. The summed E-state index contributed by atoms with van der Waals surface area (Å²) in [4.78, 5) is 55.9. The first-order valence-electron chi connectivity index (χ1n) is 9.25. The van der Waals surface area contributed by atoms with Crippen molar-refractivity contribution in [3.05, 3.63) is 80.8 Å². The summed E-state index contributed by atoms with van der Waals surface area (Å²) in [7, 11) is 1.39. The van der Waals surface area contributed by atoms with Crippen LogP contribution in [0.3, 0.4) is 0 Å². The summed E-state index contributed by atoms with van der Waals surface area (Å²) in [6.07, 6.45) is -3.10. The molecule has 1 aliphatic heterocycles. The summed E-state index contributed by atoms with van der Waals surface area (Å²) < 4.78 is 48.9. The molecule has 0 fully saturated rings. The number of nitrogens with one attached hydrogen (secondary N) is 3. The average Bonchev–Trinajstić information content (AvgIpc) is 3.07. The number of pyridine rings is 1. The second-order valence-electron chi connectivity index (χ2n) is 6.91. The number of aromatic nitrogens is 3. The van der Waals surface area contributed by atoms with Crippen molar-refractivity contribution in [3.63, 3.8) is 0 Å². The average molecular weight is 461 g/mol. The van der Waals surface area contributed by atoms with E-state index in [2.05, 4.69) is 4.98 Å². The Morgan fingerprint density at radius 1 is 1.09 bits per heavy atom. The van der Waals surface area contributed by atoms with Crippen LogP contribution >= 0.6 is 0 Å². The molecule has 0 saturated carbocycles. The van der Waals surface area contributed by atoms with Gasteiger partial charge in [0.25, 0.3) is 22.9 Å². The van der Waals surface area contributed by atoms with Crippen LogP contribution in [0, 0.1) is 0 Å². The molecule has 170 valence electrons. The number of benzene rings is 1. The molecule has 4 rings (SSSR count).